The van der Waals surface area contributed by atoms with Crippen molar-refractivity contribution >= 4 is 11.0 Å². The predicted molar refractivity (Wildman–Crippen MR) is 94.6 cm³/mol. The van der Waals surface area contributed by atoms with Gasteiger partial charge in [-0.15, -0.1) is 0 Å². The summed E-state index contributed by atoms with van der Waals surface area (Å²) in [4.78, 5) is 4.69. The summed E-state index contributed by atoms with van der Waals surface area (Å²) in [6, 6.07) is 14.6. The van der Waals surface area contributed by atoms with Crippen LogP contribution >= 0.6 is 0 Å². The summed E-state index contributed by atoms with van der Waals surface area (Å²) in [6.45, 7) is 7.07. The lowest BCUT2D eigenvalue weighted by atomic mass is 10.1. The number of hydrogen-bond acceptors (Lipinski definition) is 2. The fraction of sp³-hybridized carbons (Fsp3) is 0.350. The molecule has 0 radical (unpaired) electrons. The zero-order valence-corrected chi connectivity index (χ0v) is 14.1. The van der Waals surface area contributed by atoms with Gasteiger partial charge in [-0.2, -0.15) is 0 Å². The highest BCUT2D eigenvalue weighted by Crippen LogP contribution is 2.25. The Morgan fingerprint density at radius 1 is 1.13 bits per heavy atom. The molecule has 2 aromatic carbocycles. The number of hydrogen-bond donors (Lipinski definition) is 1. The molecule has 0 bridgehead atoms. The average Bonchev–Trinajstić information content (AvgIpc) is 2.90. The molecule has 3 aromatic rings. The van der Waals surface area contributed by atoms with Crippen molar-refractivity contribution in [3.63, 3.8) is 0 Å². The minimum atomic E-state index is -0.516. The molecule has 0 saturated heterocycles. The fourth-order valence-electron chi connectivity index (χ4n) is 3.06. The number of benzene rings is 2. The van der Waals surface area contributed by atoms with E-state index in [9.17, 15) is 5.11 Å². The molecule has 0 aliphatic rings. The van der Waals surface area contributed by atoms with Crippen molar-refractivity contribution in [3.8, 4) is 0 Å². The molecular formula is C20H24N2O. The normalized spacial score (nSPS) is 12.7. The molecule has 3 rings (SSSR count). The molecule has 3 nitrogen and oxygen atoms in total. The highest BCUT2D eigenvalue weighted by atomic mass is 16.3. The molecule has 0 spiro atoms. The van der Waals surface area contributed by atoms with E-state index in [0.29, 0.717) is 0 Å². The summed E-state index contributed by atoms with van der Waals surface area (Å²) in [5.41, 5.74) is 5.83. The lowest BCUT2D eigenvalue weighted by molar-refractivity contribution is 0.153. The Morgan fingerprint density at radius 2 is 1.91 bits per heavy atom. The third kappa shape index (κ3) is 3.15. The van der Waals surface area contributed by atoms with Crippen LogP contribution < -0.4 is 0 Å². The van der Waals surface area contributed by atoms with E-state index in [1.807, 2.05) is 18.2 Å². The van der Waals surface area contributed by atoms with Gasteiger partial charge >= 0.3 is 0 Å². The highest BCUT2D eigenvalue weighted by Gasteiger charge is 2.18. The van der Waals surface area contributed by atoms with Crippen molar-refractivity contribution in [2.75, 3.05) is 0 Å². The fourth-order valence-corrected chi connectivity index (χ4v) is 3.06. The molecule has 120 valence electrons. The first-order valence-electron chi connectivity index (χ1n) is 8.29. The zero-order valence-electron chi connectivity index (χ0n) is 14.1. The average molecular weight is 308 g/mol. The summed E-state index contributed by atoms with van der Waals surface area (Å²) in [7, 11) is 0. The molecule has 0 aliphatic heterocycles. The molecule has 3 heteroatoms. The minimum absolute atomic E-state index is 0.516. The van der Waals surface area contributed by atoms with Crippen LogP contribution in [0, 0.1) is 13.8 Å². The number of rotatable bonds is 5. The van der Waals surface area contributed by atoms with Gasteiger partial charge in [0, 0.05) is 6.54 Å². The Hall–Kier alpha value is -2.13. The second-order valence-electron chi connectivity index (χ2n) is 6.28. The Bertz CT molecular complexity index is 820. The Kier molecular flexibility index (Phi) is 4.49. The number of nitrogens with zero attached hydrogens (tertiary/aromatic N) is 2. The molecule has 0 amide bonds. The third-order valence-electron chi connectivity index (χ3n) is 4.38. The van der Waals surface area contributed by atoms with Crippen LogP contribution in [0.3, 0.4) is 0 Å². The maximum Gasteiger partial charge on any atom is 0.139 e. The number of fused-ring (bicyclic) bond motifs is 1. The van der Waals surface area contributed by atoms with E-state index in [2.05, 4.69) is 49.6 Å². The third-order valence-corrected chi connectivity index (χ3v) is 4.38. The smallest absolute Gasteiger partial charge is 0.139 e. The SMILES string of the molecule is CCC[C@H](O)c1nc2ccccc2n1Cc1cc(C)ccc1C. The Balaban J connectivity index is 2.10. The summed E-state index contributed by atoms with van der Waals surface area (Å²) < 4.78 is 2.16. The first-order chi connectivity index (χ1) is 11.1. The van der Waals surface area contributed by atoms with E-state index in [-0.39, 0.29) is 0 Å². The van der Waals surface area contributed by atoms with Crippen molar-refractivity contribution in [2.45, 2.75) is 46.3 Å². The molecule has 0 saturated carbocycles. The molecule has 0 fully saturated rings. The monoisotopic (exact) mass is 308 g/mol. The Labute approximate surface area is 137 Å². The summed E-state index contributed by atoms with van der Waals surface area (Å²) in [6.07, 6.45) is 1.15. The molecule has 1 N–H and O–H groups in total. The van der Waals surface area contributed by atoms with E-state index < -0.39 is 6.10 Å². The van der Waals surface area contributed by atoms with Crippen LogP contribution in [0.2, 0.25) is 0 Å². The topological polar surface area (TPSA) is 38.1 Å². The Morgan fingerprint density at radius 3 is 2.70 bits per heavy atom. The molecule has 23 heavy (non-hydrogen) atoms. The van der Waals surface area contributed by atoms with Gasteiger partial charge in [0.05, 0.1) is 11.0 Å². The molecule has 1 aromatic heterocycles. The molecule has 1 atom stereocenters. The van der Waals surface area contributed by atoms with Gasteiger partial charge in [0.15, 0.2) is 0 Å². The van der Waals surface area contributed by atoms with Crippen molar-refractivity contribution in [2.24, 2.45) is 0 Å². The number of aryl methyl sites for hydroxylation is 2. The van der Waals surface area contributed by atoms with Crippen LogP contribution in [0.15, 0.2) is 42.5 Å². The second kappa shape index (κ2) is 6.55. The largest absolute Gasteiger partial charge is 0.385 e. The zero-order chi connectivity index (χ0) is 16.4. The lowest BCUT2D eigenvalue weighted by Crippen LogP contribution is -2.11. The van der Waals surface area contributed by atoms with Gasteiger partial charge in [-0.1, -0.05) is 49.2 Å². The number of para-hydroxylation sites is 2. The van der Waals surface area contributed by atoms with Gasteiger partial charge in [-0.25, -0.2) is 4.98 Å². The van der Waals surface area contributed by atoms with Gasteiger partial charge in [-0.3, -0.25) is 0 Å². The first kappa shape index (κ1) is 15.8. The minimum Gasteiger partial charge on any atom is -0.385 e. The van der Waals surface area contributed by atoms with Gasteiger partial charge in [0.1, 0.15) is 11.9 Å². The summed E-state index contributed by atoms with van der Waals surface area (Å²) in [5.74, 6) is 0.772. The van der Waals surface area contributed by atoms with E-state index >= 15 is 0 Å². The van der Waals surface area contributed by atoms with Gasteiger partial charge in [-0.05, 0) is 43.5 Å². The first-order valence-corrected chi connectivity index (χ1v) is 8.29. The summed E-state index contributed by atoms with van der Waals surface area (Å²) >= 11 is 0. The van der Waals surface area contributed by atoms with Crippen LogP contribution in [-0.4, -0.2) is 14.7 Å². The molecule has 0 aliphatic carbocycles. The number of aliphatic hydroxyl groups is 1. The predicted octanol–water partition coefficient (Wildman–Crippen LogP) is 4.53. The maximum absolute atomic E-state index is 10.5. The van der Waals surface area contributed by atoms with Gasteiger partial charge in [0.25, 0.3) is 0 Å². The molecule has 1 heterocycles. The maximum atomic E-state index is 10.5. The lowest BCUT2D eigenvalue weighted by Gasteiger charge is -2.15. The van der Waals surface area contributed by atoms with Gasteiger partial charge < -0.3 is 9.67 Å². The van der Waals surface area contributed by atoms with E-state index in [1.165, 1.54) is 16.7 Å². The van der Waals surface area contributed by atoms with Crippen molar-refractivity contribution in [3.05, 3.63) is 65.0 Å². The van der Waals surface area contributed by atoms with Gasteiger partial charge in [0.2, 0.25) is 0 Å². The number of imidazole rings is 1. The number of aliphatic hydroxyl groups excluding tert-OH is 1. The van der Waals surface area contributed by atoms with Crippen molar-refractivity contribution in [1.82, 2.24) is 9.55 Å². The second-order valence-corrected chi connectivity index (χ2v) is 6.28. The van der Waals surface area contributed by atoms with Crippen LogP contribution in [0.5, 0.6) is 0 Å². The summed E-state index contributed by atoms with van der Waals surface area (Å²) in [5, 5.41) is 10.5. The van der Waals surface area contributed by atoms with E-state index in [4.69, 9.17) is 4.98 Å². The quantitative estimate of drug-likeness (QED) is 0.751. The van der Waals surface area contributed by atoms with Crippen LogP contribution in [0.25, 0.3) is 11.0 Å². The van der Waals surface area contributed by atoms with Crippen LogP contribution in [-0.2, 0) is 6.54 Å². The van der Waals surface area contributed by atoms with E-state index in [1.54, 1.807) is 0 Å². The number of aromatic nitrogens is 2. The molecule has 0 unspecified atom stereocenters. The van der Waals surface area contributed by atoms with Crippen LogP contribution in [0.4, 0.5) is 0 Å². The highest BCUT2D eigenvalue weighted by molar-refractivity contribution is 5.76. The van der Waals surface area contributed by atoms with Crippen molar-refractivity contribution in [1.29, 1.82) is 0 Å². The molecular weight excluding hydrogens is 284 g/mol. The standard InChI is InChI=1S/C20H24N2O/c1-4-7-19(23)20-21-17-8-5-6-9-18(17)22(20)13-16-12-14(2)10-11-15(16)3/h5-6,8-12,19,23H,4,7,13H2,1-3H3/t19-/m0/s1. The van der Waals surface area contributed by atoms with Crippen molar-refractivity contribution < 1.29 is 5.11 Å². The van der Waals surface area contributed by atoms with Crippen LogP contribution in [0.1, 0.15) is 48.4 Å². The van der Waals surface area contributed by atoms with E-state index in [0.717, 1.165) is 36.2 Å².